The molecule has 0 atom stereocenters. The maximum absolute atomic E-state index is 12.7. The maximum atomic E-state index is 12.7. The Morgan fingerprint density at radius 2 is 1.93 bits per heavy atom. The normalized spacial score (nSPS) is 11.0. The lowest BCUT2D eigenvalue weighted by atomic mass is 10.0. The molecule has 0 unspecified atom stereocenters. The molecule has 6 nitrogen and oxygen atoms in total. The van der Waals surface area contributed by atoms with Gasteiger partial charge in [-0.1, -0.05) is 30.3 Å². The van der Waals surface area contributed by atoms with Gasteiger partial charge in [-0.15, -0.1) is 11.3 Å². The average molecular weight is 392 g/mol. The van der Waals surface area contributed by atoms with Crippen molar-refractivity contribution >= 4 is 45.1 Å². The summed E-state index contributed by atoms with van der Waals surface area (Å²) >= 11 is 1.17. The van der Waals surface area contributed by atoms with Crippen LogP contribution in [0, 0.1) is 11.3 Å². The van der Waals surface area contributed by atoms with Crippen LogP contribution in [0.25, 0.3) is 16.8 Å². The van der Waals surface area contributed by atoms with E-state index >= 15 is 0 Å². The number of carbonyl (C=O) groups is 2. The SMILES string of the molecule is COC(=O)c1ccsc1NC(=O)C(C#N)=Cc1c(OC)ccc2ccccc12. The molecule has 0 aliphatic carbocycles. The lowest BCUT2D eigenvalue weighted by molar-refractivity contribution is -0.112. The molecule has 140 valence electrons. The van der Waals surface area contributed by atoms with Crippen molar-refractivity contribution in [1.29, 1.82) is 5.26 Å². The zero-order valence-electron chi connectivity index (χ0n) is 15.2. The van der Waals surface area contributed by atoms with Crippen LogP contribution in [0.15, 0.2) is 53.4 Å². The van der Waals surface area contributed by atoms with Gasteiger partial charge in [0.15, 0.2) is 0 Å². The number of hydrogen-bond donors (Lipinski definition) is 1. The topological polar surface area (TPSA) is 88.4 Å². The number of rotatable bonds is 5. The Hall–Kier alpha value is -3.63. The molecular weight excluding hydrogens is 376 g/mol. The largest absolute Gasteiger partial charge is 0.496 e. The number of esters is 1. The molecule has 28 heavy (non-hydrogen) atoms. The lowest BCUT2D eigenvalue weighted by Gasteiger charge is -2.10. The van der Waals surface area contributed by atoms with Crippen molar-refractivity contribution in [2.45, 2.75) is 0 Å². The number of hydrogen-bond acceptors (Lipinski definition) is 6. The van der Waals surface area contributed by atoms with Crippen LogP contribution in [-0.2, 0) is 9.53 Å². The second kappa shape index (κ2) is 8.37. The van der Waals surface area contributed by atoms with Gasteiger partial charge in [-0.3, -0.25) is 4.79 Å². The van der Waals surface area contributed by atoms with Crippen molar-refractivity contribution in [2.24, 2.45) is 0 Å². The van der Waals surface area contributed by atoms with Crippen LogP contribution in [0.1, 0.15) is 15.9 Å². The molecule has 0 radical (unpaired) electrons. The summed E-state index contributed by atoms with van der Waals surface area (Å²) in [4.78, 5) is 24.4. The number of nitriles is 1. The third kappa shape index (κ3) is 3.72. The highest BCUT2D eigenvalue weighted by Crippen LogP contribution is 2.30. The van der Waals surface area contributed by atoms with E-state index in [9.17, 15) is 14.9 Å². The second-order valence-electron chi connectivity index (χ2n) is 5.68. The minimum absolute atomic E-state index is 0.112. The molecule has 0 saturated carbocycles. The number of carbonyl (C=O) groups excluding carboxylic acids is 2. The highest BCUT2D eigenvalue weighted by molar-refractivity contribution is 7.14. The van der Waals surface area contributed by atoms with Gasteiger partial charge in [0, 0.05) is 5.56 Å². The highest BCUT2D eigenvalue weighted by atomic mass is 32.1. The Balaban J connectivity index is 2.01. The van der Waals surface area contributed by atoms with E-state index in [0.717, 1.165) is 10.8 Å². The van der Waals surface area contributed by atoms with Gasteiger partial charge in [0.2, 0.25) is 0 Å². The van der Waals surface area contributed by atoms with E-state index in [0.29, 0.717) is 16.3 Å². The summed E-state index contributed by atoms with van der Waals surface area (Å²) in [6.07, 6.45) is 1.49. The Morgan fingerprint density at radius 3 is 2.64 bits per heavy atom. The molecule has 0 spiro atoms. The third-order valence-corrected chi connectivity index (χ3v) is 4.93. The first-order valence-electron chi connectivity index (χ1n) is 8.23. The molecule has 0 bridgehead atoms. The van der Waals surface area contributed by atoms with Gasteiger partial charge >= 0.3 is 5.97 Å². The molecule has 7 heteroatoms. The number of amides is 1. The summed E-state index contributed by atoms with van der Waals surface area (Å²) in [5.41, 5.74) is 0.756. The predicted molar refractivity (Wildman–Crippen MR) is 108 cm³/mol. The first kappa shape index (κ1) is 19.1. The molecule has 1 amide bonds. The average Bonchev–Trinajstić information content (AvgIpc) is 3.19. The molecule has 3 rings (SSSR count). The van der Waals surface area contributed by atoms with Gasteiger partial charge in [-0.25, -0.2) is 4.79 Å². The molecule has 1 heterocycles. The minimum atomic E-state index is -0.620. The number of nitrogens with one attached hydrogen (secondary N) is 1. The highest BCUT2D eigenvalue weighted by Gasteiger charge is 2.18. The van der Waals surface area contributed by atoms with E-state index in [4.69, 9.17) is 9.47 Å². The fourth-order valence-corrected chi connectivity index (χ4v) is 3.51. The van der Waals surface area contributed by atoms with Crippen molar-refractivity contribution in [1.82, 2.24) is 0 Å². The fourth-order valence-electron chi connectivity index (χ4n) is 2.74. The zero-order chi connectivity index (χ0) is 20.1. The Kier molecular flexibility index (Phi) is 5.72. The first-order valence-corrected chi connectivity index (χ1v) is 9.11. The maximum Gasteiger partial charge on any atom is 0.340 e. The van der Waals surface area contributed by atoms with Crippen molar-refractivity contribution in [2.75, 3.05) is 19.5 Å². The van der Waals surface area contributed by atoms with E-state index in [1.165, 1.54) is 31.6 Å². The third-order valence-electron chi connectivity index (χ3n) is 4.10. The van der Waals surface area contributed by atoms with Crippen molar-refractivity contribution in [3.63, 3.8) is 0 Å². The van der Waals surface area contributed by atoms with Crippen LogP contribution in [0.2, 0.25) is 0 Å². The van der Waals surface area contributed by atoms with Crippen molar-refractivity contribution < 1.29 is 19.1 Å². The monoisotopic (exact) mass is 392 g/mol. The summed E-state index contributed by atoms with van der Waals surface area (Å²) in [7, 11) is 2.79. The first-order chi connectivity index (χ1) is 13.6. The van der Waals surface area contributed by atoms with Gasteiger partial charge in [0.1, 0.15) is 22.4 Å². The second-order valence-corrected chi connectivity index (χ2v) is 6.60. The minimum Gasteiger partial charge on any atom is -0.496 e. The summed E-state index contributed by atoms with van der Waals surface area (Å²) in [6, 6.07) is 14.8. The van der Waals surface area contributed by atoms with Crippen LogP contribution in [0.5, 0.6) is 5.75 Å². The number of anilines is 1. The number of ether oxygens (including phenoxy) is 2. The van der Waals surface area contributed by atoms with Crippen molar-refractivity contribution in [3.8, 4) is 11.8 Å². The molecule has 0 aliphatic heterocycles. The molecule has 3 aromatic rings. The summed E-state index contributed by atoms with van der Waals surface area (Å²) in [5, 5.41) is 15.9. The number of thiophene rings is 1. The molecule has 2 aromatic carbocycles. The quantitative estimate of drug-likeness (QED) is 0.398. The van der Waals surface area contributed by atoms with E-state index in [1.54, 1.807) is 17.5 Å². The Morgan fingerprint density at radius 1 is 1.14 bits per heavy atom. The zero-order valence-corrected chi connectivity index (χ0v) is 16.0. The van der Waals surface area contributed by atoms with Crippen LogP contribution >= 0.6 is 11.3 Å². The summed E-state index contributed by atoms with van der Waals surface area (Å²) in [5.74, 6) is -0.634. The number of benzene rings is 2. The smallest absolute Gasteiger partial charge is 0.340 e. The van der Waals surface area contributed by atoms with Crippen LogP contribution in [-0.4, -0.2) is 26.1 Å². The lowest BCUT2D eigenvalue weighted by Crippen LogP contribution is -2.15. The van der Waals surface area contributed by atoms with Crippen LogP contribution in [0.3, 0.4) is 0 Å². The van der Waals surface area contributed by atoms with Crippen LogP contribution in [0.4, 0.5) is 5.00 Å². The number of fused-ring (bicyclic) bond motifs is 1. The van der Waals surface area contributed by atoms with E-state index in [2.05, 4.69) is 5.32 Å². The molecular formula is C21H16N2O4S. The molecule has 0 aliphatic rings. The van der Waals surface area contributed by atoms with Gasteiger partial charge in [-0.2, -0.15) is 5.26 Å². The van der Waals surface area contributed by atoms with Crippen molar-refractivity contribution in [3.05, 3.63) is 64.5 Å². The van der Waals surface area contributed by atoms with E-state index < -0.39 is 11.9 Å². The Bertz CT molecular complexity index is 1120. The van der Waals surface area contributed by atoms with E-state index in [1.807, 2.05) is 36.4 Å². The molecule has 1 N–H and O–H groups in total. The predicted octanol–water partition coefficient (Wildman–Crippen LogP) is 4.24. The number of nitrogens with zero attached hydrogens (tertiary/aromatic N) is 1. The summed E-state index contributed by atoms with van der Waals surface area (Å²) in [6.45, 7) is 0. The van der Waals surface area contributed by atoms with Gasteiger partial charge < -0.3 is 14.8 Å². The summed E-state index contributed by atoms with van der Waals surface area (Å²) < 4.78 is 10.1. The van der Waals surface area contributed by atoms with Gasteiger partial charge in [0.05, 0.1) is 19.8 Å². The standard InChI is InChI=1S/C21H16N2O4S/c1-26-18-8-7-13-5-3-4-6-15(13)17(18)11-14(12-22)19(24)23-20-16(9-10-28-20)21(25)27-2/h3-11H,1-2H3,(H,23,24). The van der Waals surface area contributed by atoms with E-state index in [-0.39, 0.29) is 11.1 Å². The fraction of sp³-hybridized carbons (Fsp3) is 0.0952. The van der Waals surface area contributed by atoms with Gasteiger partial charge in [0.25, 0.3) is 5.91 Å². The molecule has 1 aromatic heterocycles. The Labute approximate surface area is 165 Å². The number of methoxy groups -OCH3 is 2. The molecule has 0 saturated heterocycles. The van der Waals surface area contributed by atoms with Gasteiger partial charge in [-0.05, 0) is 34.4 Å². The molecule has 0 fully saturated rings. The van der Waals surface area contributed by atoms with Crippen LogP contribution < -0.4 is 10.1 Å².